The Morgan fingerprint density at radius 3 is 2.35 bits per heavy atom. The topological polar surface area (TPSA) is 33.0 Å². The fraction of sp³-hybridized carbons (Fsp3) is 0.133. The molecule has 0 amide bonds. The van der Waals surface area contributed by atoms with E-state index in [-0.39, 0.29) is 5.92 Å². The van der Waals surface area contributed by atoms with Crippen LogP contribution in [0.2, 0.25) is 0 Å². The SMILES string of the molecule is COc1cccc(C(C#N)c2ccccc2)c1. The van der Waals surface area contributed by atoms with Gasteiger partial charge in [0, 0.05) is 0 Å². The van der Waals surface area contributed by atoms with Crippen molar-refractivity contribution in [3.8, 4) is 11.8 Å². The van der Waals surface area contributed by atoms with Gasteiger partial charge in [0.1, 0.15) is 5.75 Å². The van der Waals surface area contributed by atoms with Gasteiger partial charge in [-0.1, -0.05) is 42.5 Å². The molecule has 17 heavy (non-hydrogen) atoms. The number of nitrogens with zero attached hydrogens (tertiary/aromatic N) is 1. The van der Waals surface area contributed by atoms with Gasteiger partial charge in [0.25, 0.3) is 0 Å². The lowest BCUT2D eigenvalue weighted by Crippen LogP contribution is -1.98. The Labute approximate surface area is 101 Å². The molecule has 0 aliphatic rings. The third-order valence-corrected chi connectivity index (χ3v) is 2.69. The molecule has 0 heterocycles. The van der Waals surface area contributed by atoms with Crippen LogP contribution in [-0.4, -0.2) is 7.11 Å². The van der Waals surface area contributed by atoms with Crippen LogP contribution in [0.25, 0.3) is 0 Å². The molecule has 84 valence electrons. The Morgan fingerprint density at radius 2 is 1.71 bits per heavy atom. The van der Waals surface area contributed by atoms with Crippen LogP contribution in [0.5, 0.6) is 5.75 Å². The molecule has 2 aromatic carbocycles. The zero-order chi connectivity index (χ0) is 12.1. The number of hydrogen-bond donors (Lipinski definition) is 0. The van der Waals surface area contributed by atoms with Gasteiger partial charge in [-0.05, 0) is 23.3 Å². The minimum absolute atomic E-state index is 0.244. The Kier molecular flexibility index (Phi) is 3.42. The summed E-state index contributed by atoms with van der Waals surface area (Å²) >= 11 is 0. The highest BCUT2D eigenvalue weighted by atomic mass is 16.5. The molecule has 0 aromatic heterocycles. The molecule has 0 saturated heterocycles. The smallest absolute Gasteiger partial charge is 0.119 e. The van der Waals surface area contributed by atoms with Crippen LogP contribution in [0.15, 0.2) is 54.6 Å². The van der Waals surface area contributed by atoms with E-state index in [1.807, 2.05) is 54.6 Å². The molecule has 0 N–H and O–H groups in total. The molecule has 0 aliphatic carbocycles. The highest BCUT2D eigenvalue weighted by molar-refractivity contribution is 5.41. The van der Waals surface area contributed by atoms with Gasteiger partial charge in [0.2, 0.25) is 0 Å². The van der Waals surface area contributed by atoms with E-state index in [9.17, 15) is 5.26 Å². The Hall–Kier alpha value is -2.27. The summed E-state index contributed by atoms with van der Waals surface area (Å²) < 4.78 is 5.18. The van der Waals surface area contributed by atoms with Crippen LogP contribution in [0.1, 0.15) is 17.0 Å². The van der Waals surface area contributed by atoms with Crippen molar-refractivity contribution >= 4 is 0 Å². The van der Waals surface area contributed by atoms with E-state index in [1.165, 1.54) is 0 Å². The van der Waals surface area contributed by atoms with Gasteiger partial charge < -0.3 is 4.74 Å². The Bertz CT molecular complexity index is 528. The van der Waals surface area contributed by atoms with Gasteiger partial charge in [-0.15, -0.1) is 0 Å². The average Bonchev–Trinajstić information content (AvgIpc) is 2.41. The monoisotopic (exact) mass is 223 g/mol. The molecule has 0 spiro atoms. The van der Waals surface area contributed by atoms with E-state index in [4.69, 9.17) is 4.74 Å². The van der Waals surface area contributed by atoms with Crippen LogP contribution >= 0.6 is 0 Å². The molecule has 2 heteroatoms. The minimum atomic E-state index is -0.244. The summed E-state index contributed by atoms with van der Waals surface area (Å²) in [4.78, 5) is 0. The normalized spacial score (nSPS) is 11.5. The van der Waals surface area contributed by atoms with Crippen molar-refractivity contribution < 1.29 is 4.74 Å². The largest absolute Gasteiger partial charge is 0.497 e. The molecule has 1 atom stereocenters. The molecule has 0 radical (unpaired) electrons. The number of benzene rings is 2. The zero-order valence-corrected chi connectivity index (χ0v) is 9.63. The number of hydrogen-bond acceptors (Lipinski definition) is 2. The second-order valence-electron chi connectivity index (χ2n) is 3.75. The Morgan fingerprint density at radius 1 is 1.00 bits per heavy atom. The minimum Gasteiger partial charge on any atom is -0.497 e. The predicted molar refractivity (Wildman–Crippen MR) is 66.9 cm³/mol. The molecular formula is C15H13NO. The molecule has 0 aliphatic heterocycles. The first-order valence-electron chi connectivity index (χ1n) is 5.43. The van der Waals surface area contributed by atoms with Crippen LogP contribution in [0.4, 0.5) is 0 Å². The van der Waals surface area contributed by atoms with Crippen molar-refractivity contribution in [2.24, 2.45) is 0 Å². The van der Waals surface area contributed by atoms with Crippen molar-refractivity contribution in [2.45, 2.75) is 5.92 Å². The summed E-state index contributed by atoms with van der Waals surface area (Å²) in [5.74, 6) is 0.532. The van der Waals surface area contributed by atoms with Crippen molar-refractivity contribution in [3.05, 3.63) is 65.7 Å². The molecule has 0 fully saturated rings. The van der Waals surface area contributed by atoms with Crippen molar-refractivity contribution in [1.82, 2.24) is 0 Å². The molecular weight excluding hydrogens is 210 g/mol. The van der Waals surface area contributed by atoms with E-state index in [1.54, 1.807) is 7.11 Å². The van der Waals surface area contributed by atoms with Crippen molar-refractivity contribution in [1.29, 1.82) is 5.26 Å². The third kappa shape index (κ3) is 2.46. The lowest BCUT2D eigenvalue weighted by molar-refractivity contribution is 0.414. The molecule has 0 bridgehead atoms. The van der Waals surface area contributed by atoms with Crippen molar-refractivity contribution in [3.63, 3.8) is 0 Å². The molecule has 0 saturated carbocycles. The van der Waals surface area contributed by atoms with Gasteiger partial charge in [-0.25, -0.2) is 0 Å². The molecule has 2 aromatic rings. The van der Waals surface area contributed by atoms with E-state index >= 15 is 0 Å². The molecule has 2 nitrogen and oxygen atoms in total. The van der Waals surface area contributed by atoms with E-state index in [0.717, 1.165) is 16.9 Å². The van der Waals surface area contributed by atoms with Crippen LogP contribution < -0.4 is 4.74 Å². The number of ether oxygens (including phenoxy) is 1. The van der Waals surface area contributed by atoms with Gasteiger partial charge in [-0.2, -0.15) is 5.26 Å². The maximum atomic E-state index is 9.31. The first-order chi connectivity index (χ1) is 8.35. The predicted octanol–water partition coefficient (Wildman–Crippen LogP) is 3.35. The van der Waals surface area contributed by atoms with E-state index < -0.39 is 0 Å². The fourth-order valence-electron chi connectivity index (χ4n) is 1.81. The summed E-state index contributed by atoms with van der Waals surface area (Å²) in [6.07, 6.45) is 0. The zero-order valence-electron chi connectivity index (χ0n) is 9.63. The van der Waals surface area contributed by atoms with E-state index in [2.05, 4.69) is 6.07 Å². The second-order valence-corrected chi connectivity index (χ2v) is 3.75. The second kappa shape index (κ2) is 5.18. The third-order valence-electron chi connectivity index (χ3n) is 2.69. The lowest BCUT2D eigenvalue weighted by atomic mass is 9.93. The molecule has 2 rings (SSSR count). The number of methoxy groups -OCH3 is 1. The summed E-state index contributed by atoms with van der Waals surface area (Å²) in [5, 5.41) is 9.31. The van der Waals surface area contributed by atoms with Crippen LogP contribution in [-0.2, 0) is 0 Å². The summed E-state index contributed by atoms with van der Waals surface area (Å²) in [7, 11) is 1.63. The highest BCUT2D eigenvalue weighted by Gasteiger charge is 2.13. The van der Waals surface area contributed by atoms with Gasteiger partial charge in [0.05, 0.1) is 19.1 Å². The Balaban J connectivity index is 2.40. The van der Waals surface area contributed by atoms with Crippen LogP contribution in [0, 0.1) is 11.3 Å². The maximum Gasteiger partial charge on any atom is 0.119 e. The van der Waals surface area contributed by atoms with E-state index in [0.29, 0.717) is 0 Å². The fourth-order valence-corrected chi connectivity index (χ4v) is 1.81. The van der Waals surface area contributed by atoms with Gasteiger partial charge in [-0.3, -0.25) is 0 Å². The summed E-state index contributed by atoms with van der Waals surface area (Å²) in [6, 6.07) is 19.7. The lowest BCUT2D eigenvalue weighted by Gasteiger charge is -2.10. The first kappa shape index (κ1) is 11.2. The van der Waals surface area contributed by atoms with Gasteiger partial charge >= 0.3 is 0 Å². The standard InChI is InChI=1S/C15H13NO/c1-17-14-9-5-8-13(10-14)15(11-16)12-6-3-2-4-7-12/h2-10,15H,1H3. The quantitative estimate of drug-likeness (QED) is 0.799. The number of rotatable bonds is 3. The average molecular weight is 223 g/mol. The number of nitriles is 1. The summed E-state index contributed by atoms with van der Waals surface area (Å²) in [6.45, 7) is 0. The maximum absolute atomic E-state index is 9.31. The molecule has 1 unspecified atom stereocenters. The van der Waals surface area contributed by atoms with Crippen LogP contribution in [0.3, 0.4) is 0 Å². The van der Waals surface area contributed by atoms with Crippen molar-refractivity contribution in [2.75, 3.05) is 7.11 Å². The first-order valence-corrected chi connectivity index (χ1v) is 5.43. The highest BCUT2D eigenvalue weighted by Crippen LogP contribution is 2.26. The van der Waals surface area contributed by atoms with Gasteiger partial charge in [0.15, 0.2) is 0 Å². The summed E-state index contributed by atoms with van der Waals surface area (Å²) in [5.41, 5.74) is 1.96.